The van der Waals surface area contributed by atoms with E-state index in [1.165, 1.54) is 27.6 Å². The van der Waals surface area contributed by atoms with Crippen LogP contribution in [0.25, 0.3) is 10.9 Å². The van der Waals surface area contributed by atoms with Gasteiger partial charge in [-0.15, -0.1) is 12.3 Å². The van der Waals surface area contributed by atoms with Gasteiger partial charge in [0.25, 0.3) is 0 Å². The average molecular weight is 223 g/mol. The number of nitrogens with one attached hydrogen (secondary N) is 1. The molecule has 1 N–H and O–H groups in total. The van der Waals surface area contributed by atoms with E-state index in [4.69, 9.17) is 6.42 Å². The molecule has 1 aromatic carbocycles. The van der Waals surface area contributed by atoms with Gasteiger partial charge >= 0.3 is 0 Å². The summed E-state index contributed by atoms with van der Waals surface area (Å²) >= 11 is 0. The third-order valence-corrected chi connectivity index (χ3v) is 2.87. The van der Waals surface area contributed by atoms with E-state index in [-0.39, 0.29) is 0 Å². The first-order valence-electron chi connectivity index (χ1n) is 5.86. The monoisotopic (exact) mass is 223 g/mol. The van der Waals surface area contributed by atoms with Gasteiger partial charge in [-0.25, -0.2) is 0 Å². The van der Waals surface area contributed by atoms with Crippen LogP contribution in [0.5, 0.6) is 0 Å². The van der Waals surface area contributed by atoms with E-state index < -0.39 is 0 Å². The van der Waals surface area contributed by atoms with Crippen LogP contribution in [0.1, 0.15) is 25.0 Å². The van der Waals surface area contributed by atoms with E-state index in [1.807, 2.05) is 6.20 Å². The Morgan fingerprint density at radius 2 is 2.24 bits per heavy atom. The number of rotatable bonds is 3. The van der Waals surface area contributed by atoms with E-state index in [1.54, 1.807) is 0 Å². The topological polar surface area (TPSA) is 15.8 Å². The minimum atomic E-state index is 0.688. The second-order valence-corrected chi connectivity index (χ2v) is 4.56. The van der Waals surface area contributed by atoms with E-state index >= 15 is 0 Å². The van der Waals surface area contributed by atoms with Crippen molar-refractivity contribution in [1.29, 1.82) is 0 Å². The quantitative estimate of drug-likeness (QED) is 0.601. The third-order valence-electron chi connectivity index (χ3n) is 2.87. The number of hydrogen-bond acceptors (Lipinski definition) is 0. The summed E-state index contributed by atoms with van der Waals surface area (Å²) in [5, 5.41) is 1.24. The van der Waals surface area contributed by atoms with Crippen LogP contribution < -0.4 is 0 Å². The fraction of sp³-hybridized carbons (Fsp3) is 0.250. The van der Waals surface area contributed by atoms with Crippen LogP contribution in [-0.4, -0.2) is 4.98 Å². The molecule has 0 aliphatic heterocycles. The molecule has 0 unspecified atom stereocenters. The van der Waals surface area contributed by atoms with Gasteiger partial charge in [-0.1, -0.05) is 23.8 Å². The van der Waals surface area contributed by atoms with Gasteiger partial charge < -0.3 is 4.98 Å². The van der Waals surface area contributed by atoms with E-state index in [2.05, 4.69) is 49.0 Å². The zero-order chi connectivity index (χ0) is 12.3. The second kappa shape index (κ2) is 4.93. The first-order chi connectivity index (χ1) is 8.20. The summed E-state index contributed by atoms with van der Waals surface area (Å²) in [5.74, 6) is 2.69. The Bertz CT molecular complexity index is 590. The van der Waals surface area contributed by atoms with Crippen molar-refractivity contribution in [2.45, 2.75) is 26.7 Å². The van der Waals surface area contributed by atoms with Crippen molar-refractivity contribution in [3.63, 3.8) is 0 Å². The molecule has 1 heterocycles. The molecule has 2 aromatic rings. The first kappa shape index (κ1) is 11.5. The standard InChI is InChI=1S/C16H17N/c1-4-5-14-11-17-16-10-13(7-6-12(2)3)8-9-15(14)16/h1,6,8-11,17H,5,7H2,2-3H3. The summed E-state index contributed by atoms with van der Waals surface area (Å²) in [6.07, 6.45) is 11.3. The van der Waals surface area contributed by atoms with Gasteiger partial charge in [0.2, 0.25) is 0 Å². The highest BCUT2D eigenvalue weighted by molar-refractivity contribution is 5.84. The van der Waals surface area contributed by atoms with Crippen molar-refractivity contribution in [2.24, 2.45) is 0 Å². The number of fused-ring (bicyclic) bond motifs is 1. The van der Waals surface area contributed by atoms with Gasteiger partial charge in [-0.05, 0) is 37.5 Å². The maximum absolute atomic E-state index is 5.35. The molecule has 17 heavy (non-hydrogen) atoms. The molecular formula is C16H17N. The Hall–Kier alpha value is -1.94. The zero-order valence-electron chi connectivity index (χ0n) is 10.4. The highest BCUT2D eigenvalue weighted by atomic mass is 14.7. The van der Waals surface area contributed by atoms with Gasteiger partial charge in [0, 0.05) is 23.5 Å². The van der Waals surface area contributed by atoms with Crippen LogP contribution in [0.2, 0.25) is 0 Å². The predicted molar refractivity (Wildman–Crippen MR) is 74.0 cm³/mol. The lowest BCUT2D eigenvalue weighted by Crippen LogP contribution is -1.83. The lowest BCUT2D eigenvalue weighted by atomic mass is 10.1. The summed E-state index contributed by atoms with van der Waals surface area (Å²) < 4.78 is 0. The molecule has 0 saturated carbocycles. The number of terminal acetylenes is 1. The fourth-order valence-corrected chi connectivity index (χ4v) is 1.94. The molecule has 0 aliphatic carbocycles. The molecule has 1 aromatic heterocycles. The van der Waals surface area contributed by atoms with Crippen molar-refractivity contribution in [1.82, 2.24) is 4.98 Å². The molecule has 0 aliphatic rings. The first-order valence-corrected chi connectivity index (χ1v) is 5.86. The molecule has 0 atom stereocenters. The Morgan fingerprint density at radius 1 is 1.41 bits per heavy atom. The van der Waals surface area contributed by atoms with E-state index in [0.717, 1.165) is 6.42 Å². The molecule has 0 amide bonds. The van der Waals surface area contributed by atoms with Crippen molar-refractivity contribution in [3.05, 3.63) is 47.2 Å². The van der Waals surface area contributed by atoms with Crippen LogP contribution in [-0.2, 0) is 12.8 Å². The maximum Gasteiger partial charge on any atom is 0.0460 e. The average Bonchev–Trinajstić information content (AvgIpc) is 2.70. The summed E-state index contributed by atoms with van der Waals surface area (Å²) in [5.41, 5.74) is 5.06. The number of hydrogen-bond donors (Lipinski definition) is 1. The molecule has 0 fully saturated rings. The van der Waals surface area contributed by atoms with Crippen molar-refractivity contribution < 1.29 is 0 Å². The third kappa shape index (κ3) is 2.60. The molecule has 0 radical (unpaired) electrons. The van der Waals surface area contributed by atoms with Crippen LogP contribution in [0, 0.1) is 12.3 Å². The molecule has 1 nitrogen and oxygen atoms in total. The van der Waals surface area contributed by atoms with Gasteiger partial charge in [0.1, 0.15) is 0 Å². The zero-order valence-corrected chi connectivity index (χ0v) is 10.4. The van der Waals surface area contributed by atoms with Crippen molar-refractivity contribution in [2.75, 3.05) is 0 Å². The molecule has 0 spiro atoms. The normalized spacial score (nSPS) is 10.2. The van der Waals surface area contributed by atoms with Gasteiger partial charge in [-0.3, -0.25) is 0 Å². The van der Waals surface area contributed by atoms with E-state index in [0.29, 0.717) is 6.42 Å². The molecule has 0 saturated heterocycles. The number of benzene rings is 1. The van der Waals surface area contributed by atoms with E-state index in [9.17, 15) is 0 Å². The predicted octanol–water partition coefficient (Wildman–Crippen LogP) is 3.85. The van der Waals surface area contributed by atoms with Gasteiger partial charge in [0.05, 0.1) is 0 Å². The van der Waals surface area contributed by atoms with Crippen LogP contribution in [0.4, 0.5) is 0 Å². The Kier molecular flexibility index (Phi) is 3.35. The van der Waals surface area contributed by atoms with Crippen molar-refractivity contribution >= 4 is 10.9 Å². The summed E-state index contributed by atoms with van der Waals surface area (Å²) in [6.45, 7) is 4.25. The fourth-order valence-electron chi connectivity index (χ4n) is 1.94. The number of allylic oxidation sites excluding steroid dienone is 2. The van der Waals surface area contributed by atoms with Crippen LogP contribution in [0.15, 0.2) is 36.0 Å². The number of aromatic amines is 1. The Labute approximate surface area is 103 Å². The summed E-state index contributed by atoms with van der Waals surface area (Å²) in [7, 11) is 0. The molecule has 2 rings (SSSR count). The second-order valence-electron chi connectivity index (χ2n) is 4.56. The number of H-pyrrole nitrogens is 1. The summed E-state index contributed by atoms with van der Waals surface area (Å²) in [4.78, 5) is 3.28. The smallest absolute Gasteiger partial charge is 0.0460 e. The van der Waals surface area contributed by atoms with Gasteiger partial charge in [0.15, 0.2) is 0 Å². The van der Waals surface area contributed by atoms with Crippen molar-refractivity contribution in [3.8, 4) is 12.3 Å². The van der Waals surface area contributed by atoms with Crippen LogP contribution in [0.3, 0.4) is 0 Å². The minimum Gasteiger partial charge on any atom is -0.361 e. The minimum absolute atomic E-state index is 0.688. The SMILES string of the molecule is C#CCc1c[nH]c2cc(CC=C(C)C)ccc12. The highest BCUT2D eigenvalue weighted by Gasteiger charge is 2.02. The molecule has 86 valence electrons. The summed E-state index contributed by atoms with van der Waals surface area (Å²) in [6, 6.07) is 6.54. The number of aromatic nitrogens is 1. The largest absolute Gasteiger partial charge is 0.361 e. The highest BCUT2D eigenvalue weighted by Crippen LogP contribution is 2.20. The Morgan fingerprint density at radius 3 is 2.94 bits per heavy atom. The van der Waals surface area contributed by atoms with Crippen LogP contribution >= 0.6 is 0 Å². The molecular weight excluding hydrogens is 206 g/mol. The Balaban J connectivity index is 2.33. The maximum atomic E-state index is 5.35. The molecule has 0 bridgehead atoms. The van der Waals surface area contributed by atoms with Gasteiger partial charge in [-0.2, -0.15) is 0 Å². The molecule has 1 heteroatoms. The lowest BCUT2D eigenvalue weighted by molar-refractivity contribution is 1.22. The lowest BCUT2D eigenvalue weighted by Gasteiger charge is -1.99.